The van der Waals surface area contributed by atoms with E-state index >= 15 is 0 Å². The lowest BCUT2D eigenvalue weighted by Crippen LogP contribution is -2.27. The molecule has 0 fully saturated rings. The fraction of sp³-hybridized carbons (Fsp3) is 0.333. The molecule has 0 aliphatic rings. The van der Waals surface area contributed by atoms with Gasteiger partial charge in [-0.15, -0.1) is 11.3 Å². The van der Waals surface area contributed by atoms with Crippen molar-refractivity contribution in [1.29, 1.82) is 0 Å². The minimum absolute atomic E-state index is 0.122. The molecule has 0 aliphatic heterocycles. The summed E-state index contributed by atoms with van der Waals surface area (Å²) in [6, 6.07) is 4.04. The monoisotopic (exact) mass is 281 g/mol. The van der Waals surface area contributed by atoms with Crippen LogP contribution in [0.2, 0.25) is 0 Å². The number of rotatable bonds is 5. The number of imidazole rings is 1. The predicted molar refractivity (Wildman–Crippen MR) is 74.7 cm³/mol. The summed E-state index contributed by atoms with van der Waals surface area (Å²) in [7, 11) is 3.76. The highest BCUT2D eigenvalue weighted by Crippen LogP contribution is 2.16. The standard InChI is InChI=1S/C12H15N3OS2/c1-14-6-5-13-12(14)18-9-11(16)15(2)8-10-4-3-7-17-10/h3-7H,8-9H2,1-2H3. The summed E-state index contributed by atoms with van der Waals surface area (Å²) in [5.74, 6) is 0.545. The third kappa shape index (κ3) is 3.36. The van der Waals surface area contributed by atoms with E-state index in [1.54, 1.807) is 22.4 Å². The zero-order valence-corrected chi connectivity index (χ0v) is 12.0. The van der Waals surface area contributed by atoms with E-state index in [2.05, 4.69) is 4.98 Å². The van der Waals surface area contributed by atoms with Crippen molar-refractivity contribution in [3.8, 4) is 0 Å². The van der Waals surface area contributed by atoms with Crippen LogP contribution in [0, 0.1) is 0 Å². The largest absolute Gasteiger partial charge is 0.340 e. The lowest BCUT2D eigenvalue weighted by atomic mass is 10.4. The van der Waals surface area contributed by atoms with Gasteiger partial charge in [-0.25, -0.2) is 4.98 Å². The number of thiophene rings is 1. The minimum atomic E-state index is 0.122. The molecule has 0 unspecified atom stereocenters. The summed E-state index contributed by atoms with van der Waals surface area (Å²) in [5, 5.41) is 2.89. The van der Waals surface area contributed by atoms with Gasteiger partial charge in [0, 0.05) is 31.4 Å². The van der Waals surface area contributed by atoms with E-state index in [4.69, 9.17) is 0 Å². The molecule has 2 rings (SSSR count). The van der Waals surface area contributed by atoms with Gasteiger partial charge in [0.15, 0.2) is 5.16 Å². The van der Waals surface area contributed by atoms with E-state index in [1.807, 2.05) is 42.4 Å². The second-order valence-electron chi connectivity index (χ2n) is 3.94. The number of nitrogens with zero attached hydrogens (tertiary/aromatic N) is 3. The van der Waals surface area contributed by atoms with E-state index in [9.17, 15) is 4.79 Å². The summed E-state index contributed by atoms with van der Waals surface area (Å²) in [4.78, 5) is 19.1. The highest BCUT2D eigenvalue weighted by molar-refractivity contribution is 7.99. The molecule has 4 nitrogen and oxygen atoms in total. The van der Waals surface area contributed by atoms with Crippen molar-refractivity contribution in [2.75, 3.05) is 12.8 Å². The Morgan fingerprint density at radius 1 is 1.61 bits per heavy atom. The molecule has 0 saturated carbocycles. The third-order valence-corrected chi connectivity index (χ3v) is 4.40. The van der Waals surface area contributed by atoms with Crippen LogP contribution >= 0.6 is 23.1 Å². The Morgan fingerprint density at radius 3 is 3.06 bits per heavy atom. The summed E-state index contributed by atoms with van der Waals surface area (Å²) < 4.78 is 1.91. The van der Waals surface area contributed by atoms with E-state index in [-0.39, 0.29) is 5.91 Å². The van der Waals surface area contributed by atoms with Crippen molar-refractivity contribution >= 4 is 29.0 Å². The second kappa shape index (κ2) is 6.06. The van der Waals surface area contributed by atoms with Crippen molar-refractivity contribution in [2.45, 2.75) is 11.7 Å². The van der Waals surface area contributed by atoms with Gasteiger partial charge in [0.2, 0.25) is 5.91 Å². The summed E-state index contributed by atoms with van der Waals surface area (Å²) in [6.45, 7) is 0.678. The number of aromatic nitrogens is 2. The summed E-state index contributed by atoms with van der Waals surface area (Å²) >= 11 is 3.14. The maximum absolute atomic E-state index is 11.9. The Labute approximate surface area is 115 Å². The van der Waals surface area contributed by atoms with Gasteiger partial charge in [-0.3, -0.25) is 4.79 Å². The van der Waals surface area contributed by atoms with E-state index < -0.39 is 0 Å². The number of hydrogen-bond acceptors (Lipinski definition) is 4. The molecule has 0 bridgehead atoms. The minimum Gasteiger partial charge on any atom is -0.340 e. The molecule has 2 aromatic heterocycles. The Hall–Kier alpha value is -1.27. The molecular weight excluding hydrogens is 266 g/mol. The van der Waals surface area contributed by atoms with Crippen LogP contribution in [0.1, 0.15) is 4.88 Å². The molecule has 2 heterocycles. The van der Waals surface area contributed by atoms with Gasteiger partial charge in [0.1, 0.15) is 0 Å². The predicted octanol–water partition coefficient (Wildman–Crippen LogP) is 2.23. The Bertz CT molecular complexity index is 507. The summed E-state index contributed by atoms with van der Waals surface area (Å²) in [5.41, 5.74) is 0. The van der Waals surface area contributed by atoms with Crippen molar-refractivity contribution in [1.82, 2.24) is 14.5 Å². The van der Waals surface area contributed by atoms with Gasteiger partial charge in [-0.1, -0.05) is 17.8 Å². The topological polar surface area (TPSA) is 38.1 Å². The zero-order valence-electron chi connectivity index (χ0n) is 10.4. The molecule has 0 saturated heterocycles. The lowest BCUT2D eigenvalue weighted by molar-refractivity contribution is -0.127. The second-order valence-corrected chi connectivity index (χ2v) is 5.91. The molecular formula is C12H15N3OS2. The Morgan fingerprint density at radius 2 is 2.44 bits per heavy atom. The van der Waals surface area contributed by atoms with Gasteiger partial charge in [-0.05, 0) is 11.4 Å². The molecule has 0 N–H and O–H groups in total. The third-order valence-electron chi connectivity index (χ3n) is 2.50. The Balaban J connectivity index is 1.82. The van der Waals surface area contributed by atoms with Gasteiger partial charge < -0.3 is 9.47 Å². The zero-order chi connectivity index (χ0) is 13.0. The maximum Gasteiger partial charge on any atom is 0.233 e. The first-order valence-electron chi connectivity index (χ1n) is 5.53. The fourth-order valence-electron chi connectivity index (χ4n) is 1.45. The van der Waals surface area contributed by atoms with Crippen molar-refractivity contribution < 1.29 is 4.79 Å². The molecule has 0 aromatic carbocycles. The van der Waals surface area contributed by atoms with E-state index in [1.165, 1.54) is 16.6 Å². The van der Waals surface area contributed by atoms with E-state index in [0.29, 0.717) is 12.3 Å². The van der Waals surface area contributed by atoms with Gasteiger partial charge >= 0.3 is 0 Å². The molecule has 6 heteroatoms. The number of hydrogen-bond donors (Lipinski definition) is 0. The number of aryl methyl sites for hydroxylation is 1. The first-order chi connectivity index (χ1) is 8.66. The molecule has 0 spiro atoms. The first-order valence-corrected chi connectivity index (χ1v) is 7.40. The Kier molecular flexibility index (Phi) is 4.43. The first kappa shape index (κ1) is 13.2. The number of thioether (sulfide) groups is 1. The van der Waals surface area contributed by atoms with Crippen LogP contribution < -0.4 is 0 Å². The smallest absolute Gasteiger partial charge is 0.233 e. The van der Waals surface area contributed by atoms with Crippen LogP contribution in [-0.2, 0) is 18.4 Å². The number of carbonyl (C=O) groups is 1. The molecule has 18 heavy (non-hydrogen) atoms. The quantitative estimate of drug-likeness (QED) is 0.789. The van der Waals surface area contributed by atoms with Crippen LogP contribution in [0.3, 0.4) is 0 Å². The van der Waals surface area contributed by atoms with Gasteiger partial charge in [0.25, 0.3) is 0 Å². The maximum atomic E-state index is 11.9. The van der Waals surface area contributed by atoms with Crippen molar-refractivity contribution in [3.05, 3.63) is 34.8 Å². The van der Waals surface area contributed by atoms with Crippen LogP contribution in [0.4, 0.5) is 0 Å². The molecule has 96 valence electrons. The number of amides is 1. The van der Waals surface area contributed by atoms with E-state index in [0.717, 1.165) is 5.16 Å². The van der Waals surface area contributed by atoms with Crippen LogP contribution in [0.5, 0.6) is 0 Å². The normalized spacial score (nSPS) is 10.6. The molecule has 2 aromatic rings. The van der Waals surface area contributed by atoms with Crippen LogP contribution in [0.25, 0.3) is 0 Å². The van der Waals surface area contributed by atoms with Gasteiger partial charge in [-0.2, -0.15) is 0 Å². The lowest BCUT2D eigenvalue weighted by Gasteiger charge is -2.15. The highest BCUT2D eigenvalue weighted by Gasteiger charge is 2.11. The van der Waals surface area contributed by atoms with Crippen LogP contribution in [0.15, 0.2) is 35.1 Å². The summed E-state index contributed by atoms with van der Waals surface area (Å²) in [6.07, 6.45) is 3.62. The molecule has 1 amide bonds. The number of carbonyl (C=O) groups excluding carboxylic acids is 1. The molecule has 0 aliphatic carbocycles. The molecule has 0 atom stereocenters. The average Bonchev–Trinajstić information content (AvgIpc) is 2.98. The van der Waals surface area contributed by atoms with Crippen molar-refractivity contribution in [3.63, 3.8) is 0 Å². The average molecular weight is 281 g/mol. The van der Waals surface area contributed by atoms with Crippen LogP contribution in [-0.4, -0.2) is 33.2 Å². The fourth-order valence-corrected chi connectivity index (χ4v) is 3.08. The van der Waals surface area contributed by atoms with Gasteiger partial charge in [0.05, 0.1) is 12.3 Å². The van der Waals surface area contributed by atoms with Crippen molar-refractivity contribution in [2.24, 2.45) is 7.05 Å². The highest BCUT2D eigenvalue weighted by atomic mass is 32.2. The SMILES string of the molecule is CN(Cc1cccs1)C(=O)CSc1nccn1C. The molecule has 0 radical (unpaired) electrons.